The lowest BCUT2D eigenvalue weighted by molar-refractivity contribution is 0.372. The fourth-order valence-corrected chi connectivity index (χ4v) is 9.48. The van der Waals surface area contributed by atoms with Crippen LogP contribution < -0.4 is 5.32 Å². The lowest BCUT2D eigenvalue weighted by Gasteiger charge is -2.47. The van der Waals surface area contributed by atoms with Crippen LogP contribution in [0.2, 0.25) is 12.1 Å². The van der Waals surface area contributed by atoms with Gasteiger partial charge in [0.25, 0.3) is 0 Å². The third kappa shape index (κ3) is 2.57. The van der Waals surface area contributed by atoms with E-state index >= 15 is 0 Å². The molecule has 0 aromatic heterocycles. The van der Waals surface area contributed by atoms with Gasteiger partial charge in [-0.15, -0.1) is 0 Å². The maximum absolute atomic E-state index is 4.11. The zero-order valence-electron chi connectivity index (χ0n) is 14.6. The first-order valence-electron chi connectivity index (χ1n) is 8.36. The van der Waals surface area contributed by atoms with Gasteiger partial charge in [0.05, 0.1) is 8.80 Å². The zero-order valence-corrected chi connectivity index (χ0v) is 15.8. The Morgan fingerprint density at radius 1 is 0.850 bits per heavy atom. The minimum atomic E-state index is -0.834. The lowest BCUT2D eigenvalue weighted by atomic mass is 9.99. The molecule has 0 aromatic carbocycles. The van der Waals surface area contributed by atoms with Crippen molar-refractivity contribution in [3.63, 3.8) is 0 Å². The van der Waals surface area contributed by atoms with Gasteiger partial charge in [-0.1, -0.05) is 31.4 Å². The molecule has 2 aliphatic rings. The molecular formula is C18H33NSi. The molecule has 0 saturated carbocycles. The van der Waals surface area contributed by atoms with Crippen LogP contribution in [0.25, 0.3) is 0 Å². The second kappa shape index (κ2) is 5.45. The Morgan fingerprint density at radius 3 is 1.70 bits per heavy atom. The Labute approximate surface area is 127 Å². The molecule has 0 aromatic rings. The quantitative estimate of drug-likeness (QED) is 0.724. The van der Waals surface area contributed by atoms with E-state index in [4.69, 9.17) is 0 Å². The van der Waals surface area contributed by atoms with E-state index in [2.05, 4.69) is 53.8 Å². The summed E-state index contributed by atoms with van der Waals surface area (Å²) in [6.07, 6.45) is 4.38. The standard InChI is InChI=1S/C18H33NSi/c1-13-14(2)16(4)18(15(13)3,19-17(5,6)7)20-11-9-8-10-12-20/h19-20H,8-12H2,1-7H3. The van der Waals surface area contributed by atoms with E-state index in [1.807, 2.05) is 0 Å². The van der Waals surface area contributed by atoms with Crippen molar-refractivity contribution in [3.8, 4) is 0 Å². The van der Waals surface area contributed by atoms with Crippen LogP contribution in [0.1, 0.15) is 67.7 Å². The molecule has 2 heteroatoms. The molecule has 1 N–H and O–H groups in total. The highest BCUT2D eigenvalue weighted by molar-refractivity contribution is 6.64. The fourth-order valence-electron chi connectivity index (χ4n) is 4.46. The highest BCUT2D eigenvalue weighted by atomic mass is 28.3. The number of hydrogen-bond acceptors (Lipinski definition) is 1. The van der Waals surface area contributed by atoms with Crippen molar-refractivity contribution in [2.75, 3.05) is 0 Å². The summed E-state index contributed by atoms with van der Waals surface area (Å²) in [6.45, 7) is 16.4. The third-order valence-corrected chi connectivity index (χ3v) is 10.1. The molecule has 0 radical (unpaired) electrons. The number of allylic oxidation sites excluding steroid dienone is 2. The van der Waals surface area contributed by atoms with E-state index in [1.165, 1.54) is 31.4 Å². The van der Waals surface area contributed by atoms with Crippen LogP contribution in [0.15, 0.2) is 22.3 Å². The van der Waals surface area contributed by atoms with Crippen LogP contribution >= 0.6 is 0 Å². The molecule has 1 aliphatic heterocycles. The molecule has 1 saturated heterocycles. The smallest absolute Gasteiger partial charge is 0.0712 e. The molecule has 0 amide bonds. The number of rotatable bonds is 2. The monoisotopic (exact) mass is 291 g/mol. The molecule has 1 nitrogen and oxygen atoms in total. The topological polar surface area (TPSA) is 12.0 Å². The van der Waals surface area contributed by atoms with Gasteiger partial charge in [0.15, 0.2) is 0 Å². The Bertz CT molecular complexity index is 421. The van der Waals surface area contributed by atoms with Crippen LogP contribution in [0, 0.1) is 0 Å². The van der Waals surface area contributed by atoms with E-state index < -0.39 is 8.80 Å². The number of hydrogen-bond donors (Lipinski definition) is 1. The predicted molar refractivity (Wildman–Crippen MR) is 93.0 cm³/mol. The largest absolute Gasteiger partial charge is 0.302 e. The maximum Gasteiger partial charge on any atom is 0.0712 e. The van der Waals surface area contributed by atoms with Gasteiger partial charge < -0.3 is 5.32 Å². The normalized spacial score (nSPS) is 24.8. The molecule has 0 spiro atoms. The first-order valence-corrected chi connectivity index (χ1v) is 10.6. The van der Waals surface area contributed by atoms with Gasteiger partial charge in [0, 0.05) is 10.7 Å². The molecule has 2 rings (SSSR count). The van der Waals surface area contributed by atoms with E-state index in [0.717, 1.165) is 0 Å². The summed E-state index contributed by atoms with van der Waals surface area (Å²) < 4.78 is 0. The lowest BCUT2D eigenvalue weighted by Crippen LogP contribution is -2.63. The second-order valence-electron chi connectivity index (χ2n) is 8.02. The van der Waals surface area contributed by atoms with Crippen molar-refractivity contribution in [1.29, 1.82) is 0 Å². The van der Waals surface area contributed by atoms with E-state index in [9.17, 15) is 0 Å². The van der Waals surface area contributed by atoms with Crippen LogP contribution in [0.5, 0.6) is 0 Å². The average Bonchev–Trinajstić information content (AvgIpc) is 2.55. The fraction of sp³-hybridized carbons (Fsp3) is 0.778. The molecule has 0 unspecified atom stereocenters. The minimum Gasteiger partial charge on any atom is -0.302 e. The molecule has 114 valence electrons. The van der Waals surface area contributed by atoms with Crippen molar-refractivity contribution in [2.24, 2.45) is 0 Å². The zero-order chi connectivity index (χ0) is 15.1. The molecular weight excluding hydrogens is 258 g/mol. The molecule has 0 atom stereocenters. The summed E-state index contributed by atoms with van der Waals surface area (Å²) in [7, 11) is -0.834. The molecule has 0 bridgehead atoms. The van der Waals surface area contributed by atoms with Gasteiger partial charge in [-0.05, 0) is 70.8 Å². The van der Waals surface area contributed by atoms with Crippen molar-refractivity contribution >= 4 is 8.80 Å². The second-order valence-corrected chi connectivity index (χ2v) is 11.4. The maximum atomic E-state index is 4.11. The Morgan fingerprint density at radius 2 is 1.30 bits per heavy atom. The number of nitrogens with one attached hydrogen (secondary N) is 1. The summed E-state index contributed by atoms with van der Waals surface area (Å²) in [5, 5.41) is 4.36. The van der Waals surface area contributed by atoms with E-state index in [-0.39, 0.29) is 10.7 Å². The van der Waals surface area contributed by atoms with Crippen molar-refractivity contribution in [1.82, 2.24) is 5.32 Å². The molecule has 1 heterocycles. The van der Waals surface area contributed by atoms with Crippen LogP contribution in [0.4, 0.5) is 0 Å². The third-order valence-electron chi connectivity index (χ3n) is 5.66. The van der Waals surface area contributed by atoms with Crippen LogP contribution in [-0.4, -0.2) is 19.5 Å². The average molecular weight is 292 g/mol. The predicted octanol–water partition coefficient (Wildman–Crippen LogP) is 4.75. The molecule has 1 fully saturated rings. The van der Waals surface area contributed by atoms with Gasteiger partial charge in [-0.3, -0.25) is 0 Å². The summed E-state index contributed by atoms with van der Waals surface area (Å²) in [5.41, 5.74) is 6.56. The molecule has 20 heavy (non-hydrogen) atoms. The van der Waals surface area contributed by atoms with Crippen molar-refractivity contribution in [2.45, 2.75) is 90.5 Å². The summed E-state index contributed by atoms with van der Waals surface area (Å²) in [5.74, 6) is 0. The van der Waals surface area contributed by atoms with Gasteiger partial charge in [-0.25, -0.2) is 0 Å². The Hall–Kier alpha value is -0.343. The summed E-state index contributed by atoms with van der Waals surface area (Å²) in [4.78, 5) is 0. The minimum absolute atomic E-state index is 0.178. The highest BCUT2D eigenvalue weighted by Gasteiger charge is 2.48. The van der Waals surface area contributed by atoms with Gasteiger partial charge >= 0.3 is 0 Å². The Kier molecular flexibility index (Phi) is 4.37. The van der Waals surface area contributed by atoms with Gasteiger partial charge in [0.2, 0.25) is 0 Å². The molecule has 1 aliphatic carbocycles. The first kappa shape index (κ1) is 16.0. The van der Waals surface area contributed by atoms with E-state index in [1.54, 1.807) is 22.3 Å². The first-order chi connectivity index (χ1) is 9.20. The van der Waals surface area contributed by atoms with Crippen LogP contribution in [0.3, 0.4) is 0 Å². The van der Waals surface area contributed by atoms with Crippen LogP contribution in [-0.2, 0) is 0 Å². The Balaban J connectivity index is 2.50. The summed E-state index contributed by atoms with van der Waals surface area (Å²) in [6, 6.07) is 3.02. The summed E-state index contributed by atoms with van der Waals surface area (Å²) >= 11 is 0. The van der Waals surface area contributed by atoms with Crippen molar-refractivity contribution in [3.05, 3.63) is 22.3 Å². The highest BCUT2D eigenvalue weighted by Crippen LogP contribution is 2.46. The van der Waals surface area contributed by atoms with Gasteiger partial charge in [-0.2, -0.15) is 0 Å². The van der Waals surface area contributed by atoms with Crippen molar-refractivity contribution < 1.29 is 0 Å². The van der Waals surface area contributed by atoms with Gasteiger partial charge in [0.1, 0.15) is 0 Å². The van der Waals surface area contributed by atoms with E-state index in [0.29, 0.717) is 0 Å². The SMILES string of the molecule is CC1=C(C)C(NC(C)(C)C)([SiH]2CCCCC2)C(C)=C1C.